The second kappa shape index (κ2) is 12.9. The lowest BCUT2D eigenvalue weighted by atomic mass is 10.0. The van der Waals surface area contributed by atoms with E-state index in [1.165, 1.54) is 5.56 Å². The SMILES string of the molecule is N#Cc1ccc(CCNCC2CNc3cc(-c4cccc(C(N)=O)c4)cnc3O2)cc1.c1ccccc1. The Bertz CT molecular complexity index is 1320. The van der Waals surface area contributed by atoms with Crippen molar-refractivity contribution in [1.29, 1.82) is 5.26 Å². The van der Waals surface area contributed by atoms with E-state index in [0.29, 0.717) is 30.1 Å². The van der Waals surface area contributed by atoms with Crippen molar-refractivity contribution in [2.45, 2.75) is 12.5 Å². The molecule has 0 spiro atoms. The number of nitrogens with one attached hydrogen (secondary N) is 2. The van der Waals surface area contributed by atoms with E-state index >= 15 is 0 Å². The number of hydrogen-bond donors (Lipinski definition) is 3. The summed E-state index contributed by atoms with van der Waals surface area (Å²) in [5.74, 6) is 0.115. The average molecular weight is 492 g/mol. The van der Waals surface area contributed by atoms with Gasteiger partial charge in [0.2, 0.25) is 11.8 Å². The Hall–Kier alpha value is -4.67. The molecule has 1 unspecified atom stereocenters. The number of hydrogen-bond acceptors (Lipinski definition) is 6. The molecule has 0 fully saturated rings. The molecule has 7 nitrogen and oxygen atoms in total. The van der Waals surface area contributed by atoms with Crippen molar-refractivity contribution in [3.63, 3.8) is 0 Å². The maximum atomic E-state index is 11.4. The normalized spacial score (nSPS) is 13.5. The monoisotopic (exact) mass is 491 g/mol. The minimum absolute atomic E-state index is 0.0231. The zero-order chi connectivity index (χ0) is 25.9. The van der Waals surface area contributed by atoms with Gasteiger partial charge in [-0.25, -0.2) is 4.98 Å². The molecule has 0 aliphatic carbocycles. The number of nitrogens with zero attached hydrogens (tertiary/aromatic N) is 2. The van der Waals surface area contributed by atoms with Crippen LogP contribution in [0, 0.1) is 11.3 Å². The summed E-state index contributed by atoms with van der Waals surface area (Å²) in [5, 5.41) is 15.7. The van der Waals surface area contributed by atoms with Crippen molar-refractivity contribution in [2.75, 3.05) is 25.0 Å². The Morgan fingerprint density at radius 3 is 2.43 bits per heavy atom. The predicted octanol–water partition coefficient (Wildman–Crippen LogP) is 4.41. The maximum Gasteiger partial charge on any atom is 0.248 e. The summed E-state index contributed by atoms with van der Waals surface area (Å²) in [6.07, 6.45) is 2.60. The van der Waals surface area contributed by atoms with Gasteiger partial charge in [0, 0.05) is 23.9 Å². The molecule has 0 saturated heterocycles. The minimum atomic E-state index is -0.455. The predicted molar refractivity (Wildman–Crippen MR) is 145 cm³/mol. The summed E-state index contributed by atoms with van der Waals surface area (Å²) < 4.78 is 6.02. The van der Waals surface area contributed by atoms with Gasteiger partial charge in [-0.15, -0.1) is 0 Å². The first-order valence-corrected chi connectivity index (χ1v) is 12.1. The van der Waals surface area contributed by atoms with Gasteiger partial charge in [0.05, 0.1) is 23.9 Å². The first kappa shape index (κ1) is 25.4. The standard InChI is InChI=1S/C24H23N5O2.C6H6/c25-12-17-6-4-16(5-7-17)8-9-27-14-21-15-28-22-11-20(13-29-24(22)31-21)18-2-1-3-19(10-18)23(26)30;1-2-4-6-5-3-1/h1-7,10-11,13,21,27-28H,8-9,14-15H2,(H2,26,30);1-6H. The van der Waals surface area contributed by atoms with Crippen LogP contribution in [0.3, 0.4) is 0 Å². The van der Waals surface area contributed by atoms with E-state index in [4.69, 9.17) is 15.7 Å². The van der Waals surface area contributed by atoms with E-state index in [2.05, 4.69) is 21.7 Å². The number of pyridine rings is 1. The fourth-order valence-electron chi connectivity index (χ4n) is 3.85. The van der Waals surface area contributed by atoms with E-state index in [-0.39, 0.29) is 6.10 Å². The highest BCUT2D eigenvalue weighted by molar-refractivity contribution is 5.94. The molecule has 0 saturated carbocycles. The molecule has 1 aromatic heterocycles. The van der Waals surface area contributed by atoms with Crippen LogP contribution in [0.15, 0.2) is 97.2 Å². The van der Waals surface area contributed by atoms with Crippen LogP contribution in [0.2, 0.25) is 0 Å². The molecule has 1 atom stereocenters. The van der Waals surface area contributed by atoms with Crippen molar-refractivity contribution in [1.82, 2.24) is 10.3 Å². The van der Waals surface area contributed by atoms with Gasteiger partial charge in [-0.3, -0.25) is 4.79 Å². The van der Waals surface area contributed by atoms with E-state index in [9.17, 15) is 4.79 Å². The van der Waals surface area contributed by atoms with Crippen LogP contribution >= 0.6 is 0 Å². The molecule has 4 N–H and O–H groups in total. The molecular weight excluding hydrogens is 462 g/mol. The van der Waals surface area contributed by atoms with Crippen molar-refractivity contribution < 1.29 is 9.53 Å². The Kier molecular flexibility index (Phi) is 8.84. The van der Waals surface area contributed by atoms with E-state index in [1.54, 1.807) is 24.4 Å². The Morgan fingerprint density at radius 2 is 1.76 bits per heavy atom. The van der Waals surface area contributed by atoms with Crippen molar-refractivity contribution in [2.24, 2.45) is 5.73 Å². The molecule has 5 rings (SSSR count). The fourth-order valence-corrected chi connectivity index (χ4v) is 3.85. The third kappa shape index (κ3) is 7.40. The zero-order valence-corrected chi connectivity index (χ0v) is 20.4. The van der Waals surface area contributed by atoms with Gasteiger partial charge in [0.1, 0.15) is 6.10 Å². The lowest BCUT2D eigenvalue weighted by Crippen LogP contribution is -2.40. The molecule has 1 amide bonds. The second-order valence-electron chi connectivity index (χ2n) is 8.56. The summed E-state index contributed by atoms with van der Waals surface area (Å²) in [7, 11) is 0. The van der Waals surface area contributed by atoms with Crippen LogP contribution in [0.4, 0.5) is 5.69 Å². The van der Waals surface area contributed by atoms with E-state index < -0.39 is 5.91 Å². The summed E-state index contributed by atoms with van der Waals surface area (Å²) in [6.45, 7) is 2.19. The smallest absolute Gasteiger partial charge is 0.248 e. The number of primary amides is 1. The largest absolute Gasteiger partial charge is 0.470 e. The molecule has 1 aliphatic heterocycles. The summed E-state index contributed by atoms with van der Waals surface area (Å²) in [6, 6.07) is 30.9. The maximum absolute atomic E-state index is 11.4. The summed E-state index contributed by atoms with van der Waals surface area (Å²) in [4.78, 5) is 15.9. The molecule has 7 heteroatoms. The number of carbonyl (C=O) groups is 1. The molecule has 1 aliphatic rings. The van der Waals surface area contributed by atoms with Crippen molar-refractivity contribution in [3.8, 4) is 23.1 Å². The van der Waals surface area contributed by atoms with Gasteiger partial charge >= 0.3 is 0 Å². The first-order chi connectivity index (χ1) is 18.1. The van der Waals surface area contributed by atoms with Crippen LogP contribution in [0.5, 0.6) is 5.88 Å². The lowest BCUT2D eigenvalue weighted by Gasteiger charge is -2.27. The Labute approximate surface area is 216 Å². The summed E-state index contributed by atoms with van der Waals surface area (Å²) in [5.41, 5.74) is 10.3. The number of benzene rings is 3. The molecule has 2 heterocycles. The number of fused-ring (bicyclic) bond motifs is 1. The van der Waals surface area contributed by atoms with Crippen LogP contribution in [0.25, 0.3) is 11.1 Å². The highest BCUT2D eigenvalue weighted by atomic mass is 16.5. The van der Waals surface area contributed by atoms with Crippen LogP contribution < -0.4 is 21.1 Å². The third-order valence-electron chi connectivity index (χ3n) is 5.84. The third-order valence-corrected chi connectivity index (χ3v) is 5.84. The molecule has 0 bridgehead atoms. The van der Waals surface area contributed by atoms with Gasteiger partial charge in [-0.1, -0.05) is 60.7 Å². The zero-order valence-electron chi connectivity index (χ0n) is 20.4. The highest BCUT2D eigenvalue weighted by Crippen LogP contribution is 2.31. The molecule has 186 valence electrons. The quantitative estimate of drug-likeness (QED) is 0.330. The number of aromatic nitrogens is 1. The van der Waals surface area contributed by atoms with E-state index in [0.717, 1.165) is 29.8 Å². The van der Waals surface area contributed by atoms with Gasteiger partial charge in [0.15, 0.2) is 0 Å². The molecular formula is C30H29N5O2. The Balaban J connectivity index is 0.000000469. The number of nitriles is 1. The van der Waals surface area contributed by atoms with Crippen LogP contribution in [0.1, 0.15) is 21.5 Å². The van der Waals surface area contributed by atoms with Crippen LogP contribution in [-0.4, -0.2) is 36.6 Å². The van der Waals surface area contributed by atoms with Crippen molar-refractivity contribution in [3.05, 3.63) is 114 Å². The number of amides is 1. The van der Waals surface area contributed by atoms with Crippen molar-refractivity contribution >= 4 is 11.6 Å². The molecule has 4 aromatic rings. The van der Waals surface area contributed by atoms with Crippen LogP contribution in [-0.2, 0) is 6.42 Å². The number of nitrogens with two attached hydrogens (primary N) is 1. The number of carbonyl (C=O) groups excluding carboxylic acids is 1. The van der Waals surface area contributed by atoms with Gasteiger partial charge in [-0.05, 0) is 54.4 Å². The molecule has 37 heavy (non-hydrogen) atoms. The number of anilines is 1. The average Bonchev–Trinajstić information content (AvgIpc) is 2.96. The highest BCUT2D eigenvalue weighted by Gasteiger charge is 2.20. The van der Waals surface area contributed by atoms with Gasteiger partial charge in [-0.2, -0.15) is 5.26 Å². The fraction of sp³-hybridized carbons (Fsp3) is 0.167. The second-order valence-corrected chi connectivity index (χ2v) is 8.56. The van der Waals surface area contributed by atoms with Gasteiger partial charge in [0.25, 0.3) is 0 Å². The first-order valence-electron chi connectivity index (χ1n) is 12.1. The summed E-state index contributed by atoms with van der Waals surface area (Å²) >= 11 is 0. The number of rotatable bonds is 7. The topological polar surface area (TPSA) is 113 Å². The minimum Gasteiger partial charge on any atom is -0.470 e. The molecule has 3 aromatic carbocycles. The van der Waals surface area contributed by atoms with E-state index in [1.807, 2.05) is 72.8 Å². The van der Waals surface area contributed by atoms with Gasteiger partial charge < -0.3 is 21.1 Å². The Morgan fingerprint density at radius 1 is 1.03 bits per heavy atom. The number of ether oxygens (including phenoxy) is 1. The molecule has 0 radical (unpaired) electrons. The lowest BCUT2D eigenvalue weighted by molar-refractivity contribution is 0.100.